The number of allylic oxidation sites excluding steroid dienone is 4. The second kappa shape index (κ2) is 36.5. The Labute approximate surface area is 597 Å². The first-order valence-corrected chi connectivity index (χ1v) is 47.6. The van der Waals surface area contributed by atoms with Crippen LogP contribution in [-0.4, -0.2) is 89.9 Å². The van der Waals surface area contributed by atoms with E-state index in [-0.39, 0.29) is 51.4 Å². The van der Waals surface area contributed by atoms with Crippen LogP contribution in [-0.2, 0) is 32.5 Å². The smallest absolute Gasteiger partial charge is 0.303 e. The van der Waals surface area contributed by atoms with E-state index in [0.29, 0.717) is 41.8 Å². The van der Waals surface area contributed by atoms with Gasteiger partial charge in [-0.25, -0.2) is 0 Å². The van der Waals surface area contributed by atoms with E-state index < -0.39 is 50.1 Å². The number of aliphatic carboxylic acids is 3. The molecule has 0 amide bonds. The number of unbranched alkanes of at least 4 members (excludes halogenated alkanes) is 3. The molecule has 538 valence electrons. The number of rotatable bonds is 25. The van der Waals surface area contributed by atoms with Crippen molar-refractivity contribution >= 4 is 71.8 Å². The third kappa shape index (κ3) is 23.1. The lowest BCUT2D eigenvalue weighted by Gasteiger charge is -2.38. The summed E-state index contributed by atoms with van der Waals surface area (Å²) in [5.74, 6) is 7.19. The number of hydrogen-bond donors (Lipinski definition) is 3. The van der Waals surface area contributed by atoms with E-state index in [4.69, 9.17) is 28.6 Å². The van der Waals surface area contributed by atoms with Crippen LogP contribution in [0.2, 0.25) is 54.4 Å². The van der Waals surface area contributed by atoms with Gasteiger partial charge in [-0.1, -0.05) is 161 Å². The maximum atomic E-state index is 11.6. The van der Waals surface area contributed by atoms with Crippen molar-refractivity contribution in [2.24, 2.45) is 71.0 Å². The summed E-state index contributed by atoms with van der Waals surface area (Å²) in [5.41, 5.74) is 3.15. The molecule has 96 heavy (non-hydrogen) atoms. The van der Waals surface area contributed by atoms with Gasteiger partial charge in [-0.05, 0) is 245 Å². The fraction of sp³-hybridized carbons (Fsp3) is 0.679. The third-order valence-electron chi connectivity index (χ3n) is 24.8. The number of carbonyl (C=O) groups is 4. The number of fused-ring (bicyclic) bond motifs is 3. The topological polar surface area (TPSA) is 157 Å². The van der Waals surface area contributed by atoms with E-state index in [1.807, 2.05) is 0 Å². The number of Topliss-reactive ketones (excluding diaryl/α,β-unsaturated/α-hetero) is 1. The van der Waals surface area contributed by atoms with Crippen molar-refractivity contribution in [2.75, 3.05) is 26.0 Å². The van der Waals surface area contributed by atoms with Crippen molar-refractivity contribution < 1.29 is 64.8 Å². The Bertz CT molecular complexity index is 2780. The van der Waals surface area contributed by atoms with E-state index in [9.17, 15) is 19.2 Å². The molecule has 3 aromatic carbocycles. The van der Waals surface area contributed by atoms with Crippen LogP contribution >= 0.6 is 7.26 Å². The molecule has 3 aromatic rings. The standard InChI is InChI=1S/C23H23O2P.2C21H38O3Si.C16H30O2Si.BrH/c24-23(25)18-10-11-19-26(20-12-4-1-5-13-20,21-14-6-2-7-15-21)22-16-8-3-9-17-22;2*1-15-11-17-12-16(9-7-8-10-20(22)23)13-18(17)19(15)14-24-25(5,6)21(2,3)4;1-11-7-12-8-13(17)9-14(12)15(11)10-18-19(5,6)16(2,3)4;/h1-9,12-17H,10-11,18-19H2;2*9,15,17-19H,7-8,10-14H2,1-6H3,(H,22,23);11-12,14-15H,7-10H2,1-6H3;1H/b;16-9+;16-9-;;/t;2*15-,17-,18+,19+;11-,12-,14+,15+;/m.111./s1. The van der Waals surface area contributed by atoms with Gasteiger partial charge in [-0.15, -0.1) is 0 Å². The van der Waals surface area contributed by atoms with Crippen molar-refractivity contribution in [2.45, 2.75) is 253 Å². The molecule has 6 aliphatic rings. The van der Waals surface area contributed by atoms with Crippen molar-refractivity contribution in [3.63, 3.8) is 0 Å². The second-order valence-electron chi connectivity index (χ2n) is 34.6. The Balaban J connectivity index is 0.000000232. The van der Waals surface area contributed by atoms with Gasteiger partial charge in [0.15, 0.2) is 25.0 Å². The molecule has 6 saturated carbocycles. The highest BCUT2D eigenvalue weighted by atomic mass is 79.9. The molecule has 0 aliphatic heterocycles. The summed E-state index contributed by atoms with van der Waals surface area (Å²) >= 11 is 0. The van der Waals surface area contributed by atoms with Gasteiger partial charge in [0.1, 0.15) is 29.0 Å². The first kappa shape index (κ1) is 83.3. The maximum Gasteiger partial charge on any atom is 0.303 e. The summed E-state index contributed by atoms with van der Waals surface area (Å²) in [6.45, 7) is 44.7. The molecule has 10 nitrogen and oxygen atoms in total. The van der Waals surface area contributed by atoms with Gasteiger partial charge in [0.25, 0.3) is 0 Å². The van der Waals surface area contributed by atoms with Gasteiger partial charge >= 0.3 is 17.9 Å². The Morgan fingerprint density at radius 3 is 1.04 bits per heavy atom. The predicted octanol–water partition coefficient (Wildman–Crippen LogP) is 17.2. The molecule has 0 bridgehead atoms. The van der Waals surface area contributed by atoms with E-state index in [1.54, 1.807) is 11.1 Å². The molecule has 9 rings (SSSR count). The predicted molar refractivity (Wildman–Crippen MR) is 406 cm³/mol. The minimum absolute atomic E-state index is 0. The molecule has 0 spiro atoms. The molecule has 15 heteroatoms. The van der Waals surface area contributed by atoms with E-state index in [2.05, 4.69) is 226 Å². The molecule has 0 unspecified atom stereocenters. The number of ketones is 1. The minimum Gasteiger partial charge on any atom is -1.00 e. The van der Waals surface area contributed by atoms with E-state index in [0.717, 1.165) is 112 Å². The monoisotopic (exact) mass is 1460 g/mol. The van der Waals surface area contributed by atoms with E-state index in [1.165, 1.54) is 60.9 Å². The molecule has 12 atom stereocenters. The molecular weight excluding hydrogens is 1330 g/mol. The van der Waals surface area contributed by atoms with Crippen molar-refractivity contribution in [1.82, 2.24) is 0 Å². The molecule has 6 aliphatic carbocycles. The maximum absolute atomic E-state index is 11.6. The number of hydrogen-bond acceptors (Lipinski definition) is 7. The van der Waals surface area contributed by atoms with Gasteiger partial charge < -0.3 is 45.6 Å². The fourth-order valence-electron chi connectivity index (χ4n) is 15.9. The number of halogens is 1. The lowest BCUT2D eigenvalue weighted by Crippen LogP contribution is -3.00. The molecular formula is C81H130BrO10PSi3. The Kier molecular flexibility index (Phi) is 31.7. The first-order chi connectivity index (χ1) is 44.4. The molecule has 0 radical (unpaired) electrons. The van der Waals surface area contributed by atoms with Crippen LogP contribution in [0.4, 0.5) is 0 Å². The highest BCUT2D eigenvalue weighted by Gasteiger charge is 2.51. The molecule has 0 heterocycles. The van der Waals surface area contributed by atoms with Crippen LogP contribution in [0.5, 0.6) is 0 Å². The van der Waals surface area contributed by atoms with Gasteiger partial charge in [0.05, 0.1) is 6.16 Å². The summed E-state index contributed by atoms with van der Waals surface area (Å²) in [4.78, 5) is 43.8. The summed E-state index contributed by atoms with van der Waals surface area (Å²) < 4.78 is 19.6. The Morgan fingerprint density at radius 1 is 0.448 bits per heavy atom. The van der Waals surface area contributed by atoms with Crippen molar-refractivity contribution in [1.29, 1.82) is 0 Å². The van der Waals surface area contributed by atoms with E-state index >= 15 is 0 Å². The van der Waals surface area contributed by atoms with Gasteiger partial charge in [-0.3, -0.25) is 19.2 Å². The van der Waals surface area contributed by atoms with Gasteiger partial charge in [0, 0.05) is 51.9 Å². The third-order valence-corrected chi connectivity index (χ3v) is 42.8. The lowest BCUT2D eigenvalue weighted by molar-refractivity contribution is -0.138. The highest BCUT2D eigenvalue weighted by molar-refractivity contribution is 7.95. The summed E-state index contributed by atoms with van der Waals surface area (Å²) in [5, 5.41) is 31.4. The quantitative estimate of drug-likeness (QED) is 0.0323. The number of benzene rings is 3. The normalized spacial score (nSPS) is 26.5. The zero-order valence-electron chi connectivity index (χ0n) is 62.8. The molecule has 3 N–H and O–H groups in total. The van der Waals surface area contributed by atoms with Crippen molar-refractivity contribution in [3.8, 4) is 0 Å². The SMILES string of the molecule is C[C@@H]1C[C@@H]2C/C(=C/CCCC(=O)O)C[C@@H]2[C@H]1CO[Si](C)(C)C(C)(C)C.C[C@@H]1C[C@@H]2C/C(=C\CCCC(=O)O)C[C@@H]2[C@H]1CO[Si](C)(C)C(C)(C)C.C[C@@H]1C[C@@H]2CC(=O)C[C@@H]2[C@H]1CO[Si](C)(C)C(C)(C)C.O=C(O)CCCC[P+](c1ccccc1)(c1ccccc1)c1ccccc1.[Br-]. The molecule has 0 aromatic heterocycles. The number of carbonyl (C=O) groups excluding carboxylic acids is 1. The van der Waals surface area contributed by atoms with Crippen LogP contribution < -0.4 is 32.9 Å². The van der Waals surface area contributed by atoms with Crippen molar-refractivity contribution in [3.05, 3.63) is 114 Å². The summed E-state index contributed by atoms with van der Waals surface area (Å²) in [6, 6.07) is 32.2. The zero-order valence-corrected chi connectivity index (χ0v) is 68.3. The highest BCUT2D eigenvalue weighted by Crippen LogP contribution is 2.58. The summed E-state index contributed by atoms with van der Waals surface area (Å²) in [6.07, 6.45) is 21.9. The van der Waals surface area contributed by atoms with Gasteiger partial charge in [0.2, 0.25) is 0 Å². The Morgan fingerprint density at radius 2 is 0.740 bits per heavy atom. The number of carboxylic acids is 3. The van der Waals surface area contributed by atoms with Gasteiger partial charge in [-0.2, -0.15) is 0 Å². The number of carboxylic acid groups (broad SMARTS) is 3. The Hall–Kier alpha value is -3.34. The zero-order chi connectivity index (χ0) is 70.3. The van der Waals surface area contributed by atoms with Crippen LogP contribution in [0.3, 0.4) is 0 Å². The average molecular weight is 1460 g/mol. The minimum atomic E-state index is -1.81. The van der Waals surface area contributed by atoms with Crippen LogP contribution in [0, 0.1) is 71.0 Å². The summed E-state index contributed by atoms with van der Waals surface area (Å²) in [7, 11) is -6.79. The largest absolute Gasteiger partial charge is 1.00 e. The second-order valence-corrected chi connectivity index (χ2v) is 52.6. The fourth-order valence-corrected chi connectivity index (χ4v) is 23.5. The van der Waals surface area contributed by atoms with Crippen LogP contribution in [0.25, 0.3) is 0 Å². The first-order valence-electron chi connectivity index (χ1n) is 36.9. The van der Waals surface area contributed by atoms with Crippen LogP contribution in [0.15, 0.2) is 114 Å². The van der Waals surface area contributed by atoms with Crippen LogP contribution in [0.1, 0.15) is 199 Å². The average Bonchev–Trinajstić information content (AvgIpc) is 1.13. The molecule has 6 fully saturated rings. The lowest BCUT2D eigenvalue weighted by atomic mass is 9.89. The molecule has 0 saturated heterocycles.